The minimum atomic E-state index is 0.401. The minimum absolute atomic E-state index is 0.401. The molecule has 10 heavy (non-hydrogen) atoms. The number of hydrogen-bond donors (Lipinski definition) is 0. The van der Waals surface area contributed by atoms with Gasteiger partial charge in [0.2, 0.25) is 0 Å². The summed E-state index contributed by atoms with van der Waals surface area (Å²) in [6.07, 6.45) is 1.66. The van der Waals surface area contributed by atoms with Crippen LogP contribution in [0.3, 0.4) is 0 Å². The molecule has 0 unspecified atom stereocenters. The van der Waals surface area contributed by atoms with E-state index in [0.717, 1.165) is 6.54 Å². The van der Waals surface area contributed by atoms with Crippen LogP contribution in [0.15, 0.2) is 21.5 Å². The van der Waals surface area contributed by atoms with Gasteiger partial charge >= 0.3 is 0 Å². The van der Waals surface area contributed by atoms with Gasteiger partial charge < -0.3 is 4.42 Å². The highest BCUT2D eigenvalue weighted by Crippen LogP contribution is 2.10. The third kappa shape index (κ3) is 1.88. The Bertz CT molecular complexity index is 229. The first-order valence-electron chi connectivity index (χ1n) is 3.08. The Morgan fingerprint density at radius 1 is 1.70 bits per heavy atom. The van der Waals surface area contributed by atoms with Gasteiger partial charge in [0.15, 0.2) is 5.22 Å². The Labute approximate surface area is 64.5 Å². The summed E-state index contributed by atoms with van der Waals surface area (Å²) in [6.45, 7) is 2.72. The lowest BCUT2D eigenvalue weighted by Crippen LogP contribution is -1.74. The Morgan fingerprint density at radius 3 is 3.00 bits per heavy atom. The van der Waals surface area contributed by atoms with E-state index in [1.807, 2.05) is 6.92 Å². The highest BCUT2D eigenvalue weighted by molar-refractivity contribution is 6.28. The molecule has 0 aliphatic rings. The van der Waals surface area contributed by atoms with Crippen molar-refractivity contribution in [3.63, 3.8) is 0 Å². The lowest BCUT2D eigenvalue weighted by atomic mass is 10.5. The fourth-order valence-electron chi connectivity index (χ4n) is 0.579. The van der Waals surface area contributed by atoms with Crippen molar-refractivity contribution in [1.82, 2.24) is 0 Å². The lowest BCUT2D eigenvalue weighted by molar-refractivity contribution is 0.562. The Morgan fingerprint density at radius 2 is 2.50 bits per heavy atom. The maximum Gasteiger partial charge on any atom is 0.193 e. The van der Waals surface area contributed by atoms with Crippen molar-refractivity contribution in [3.8, 4) is 0 Å². The maximum absolute atomic E-state index is 5.51. The highest BCUT2D eigenvalue weighted by atomic mass is 35.5. The number of aliphatic imine (C=N–C) groups is 1. The van der Waals surface area contributed by atoms with Crippen molar-refractivity contribution in [2.24, 2.45) is 4.99 Å². The average molecular weight is 158 g/mol. The predicted molar refractivity (Wildman–Crippen MR) is 41.9 cm³/mol. The van der Waals surface area contributed by atoms with Gasteiger partial charge in [-0.15, -0.1) is 0 Å². The van der Waals surface area contributed by atoms with Gasteiger partial charge in [-0.05, 0) is 30.7 Å². The summed E-state index contributed by atoms with van der Waals surface area (Å²) < 4.78 is 5.00. The van der Waals surface area contributed by atoms with Crippen LogP contribution in [0.1, 0.15) is 12.7 Å². The molecule has 0 amide bonds. The third-order valence-electron chi connectivity index (χ3n) is 0.995. The maximum atomic E-state index is 5.51. The van der Waals surface area contributed by atoms with Crippen LogP contribution < -0.4 is 0 Å². The van der Waals surface area contributed by atoms with Gasteiger partial charge in [0.1, 0.15) is 5.76 Å². The van der Waals surface area contributed by atoms with Crippen LogP contribution in [0.4, 0.5) is 0 Å². The molecule has 0 aliphatic carbocycles. The van der Waals surface area contributed by atoms with Gasteiger partial charge in [0.25, 0.3) is 0 Å². The summed E-state index contributed by atoms with van der Waals surface area (Å²) in [5, 5.41) is 0.401. The van der Waals surface area contributed by atoms with Crippen molar-refractivity contribution in [1.29, 1.82) is 0 Å². The molecule has 3 heteroatoms. The molecule has 1 heterocycles. The molecule has 0 bridgehead atoms. The van der Waals surface area contributed by atoms with Gasteiger partial charge in [-0.25, -0.2) is 0 Å². The molecule has 0 radical (unpaired) electrons. The quantitative estimate of drug-likeness (QED) is 0.606. The Kier molecular flexibility index (Phi) is 2.51. The second kappa shape index (κ2) is 3.42. The van der Waals surface area contributed by atoms with Crippen molar-refractivity contribution in [2.75, 3.05) is 6.54 Å². The van der Waals surface area contributed by atoms with E-state index in [0.29, 0.717) is 11.0 Å². The van der Waals surface area contributed by atoms with Crippen LogP contribution in [0, 0.1) is 0 Å². The number of rotatable bonds is 2. The summed E-state index contributed by atoms with van der Waals surface area (Å²) in [6, 6.07) is 3.47. The lowest BCUT2D eigenvalue weighted by Gasteiger charge is -1.81. The number of nitrogens with zero attached hydrogens (tertiary/aromatic N) is 1. The molecule has 0 atom stereocenters. The number of hydrogen-bond acceptors (Lipinski definition) is 2. The monoisotopic (exact) mass is 157 g/mol. The van der Waals surface area contributed by atoms with E-state index in [-0.39, 0.29) is 0 Å². The van der Waals surface area contributed by atoms with Gasteiger partial charge in [-0.1, -0.05) is 0 Å². The van der Waals surface area contributed by atoms with E-state index < -0.39 is 0 Å². The van der Waals surface area contributed by atoms with Crippen LogP contribution >= 0.6 is 11.6 Å². The van der Waals surface area contributed by atoms with Crippen molar-refractivity contribution < 1.29 is 4.42 Å². The second-order valence-corrected chi connectivity index (χ2v) is 2.14. The molecule has 0 aromatic carbocycles. The largest absolute Gasteiger partial charge is 0.444 e. The van der Waals surface area contributed by atoms with Crippen molar-refractivity contribution in [3.05, 3.63) is 23.1 Å². The zero-order chi connectivity index (χ0) is 7.40. The molecule has 1 aromatic rings. The summed E-state index contributed by atoms with van der Waals surface area (Å²) in [5.74, 6) is 0.701. The number of furan rings is 1. The molecule has 0 saturated carbocycles. The highest BCUT2D eigenvalue weighted by Gasteiger charge is 1.93. The van der Waals surface area contributed by atoms with Crippen molar-refractivity contribution in [2.45, 2.75) is 6.92 Å². The average Bonchev–Trinajstić information content (AvgIpc) is 2.31. The standard InChI is InChI=1S/C7H8ClNO/c1-2-9-5-6-3-4-7(8)10-6/h3-5H,2H2,1H3. The predicted octanol–water partition coefficient (Wildman–Crippen LogP) is 2.37. The fraction of sp³-hybridized carbons (Fsp3) is 0.286. The molecular formula is C7H8ClNO. The molecule has 0 fully saturated rings. The molecule has 2 nitrogen and oxygen atoms in total. The van der Waals surface area contributed by atoms with Crippen LogP contribution in [0.2, 0.25) is 5.22 Å². The van der Waals surface area contributed by atoms with E-state index in [9.17, 15) is 0 Å². The van der Waals surface area contributed by atoms with E-state index in [4.69, 9.17) is 16.0 Å². The minimum Gasteiger partial charge on any atom is -0.444 e. The van der Waals surface area contributed by atoms with Crippen molar-refractivity contribution >= 4 is 17.8 Å². The molecule has 0 spiro atoms. The first-order valence-corrected chi connectivity index (χ1v) is 3.46. The summed E-state index contributed by atoms with van der Waals surface area (Å²) in [7, 11) is 0. The molecule has 54 valence electrons. The van der Waals surface area contributed by atoms with Crippen LogP contribution in [0.25, 0.3) is 0 Å². The smallest absolute Gasteiger partial charge is 0.193 e. The van der Waals surface area contributed by atoms with E-state index in [1.165, 1.54) is 0 Å². The van der Waals surface area contributed by atoms with Crippen LogP contribution in [0.5, 0.6) is 0 Å². The molecule has 0 N–H and O–H groups in total. The van der Waals surface area contributed by atoms with E-state index >= 15 is 0 Å². The summed E-state index contributed by atoms with van der Waals surface area (Å²) >= 11 is 5.51. The van der Waals surface area contributed by atoms with E-state index in [2.05, 4.69) is 4.99 Å². The number of halogens is 1. The van der Waals surface area contributed by atoms with E-state index in [1.54, 1.807) is 18.3 Å². The molecule has 0 aliphatic heterocycles. The Hall–Kier alpha value is -0.760. The topological polar surface area (TPSA) is 25.5 Å². The summed E-state index contributed by atoms with van der Waals surface area (Å²) in [5.41, 5.74) is 0. The van der Waals surface area contributed by atoms with Crippen LogP contribution in [-0.4, -0.2) is 12.8 Å². The summed E-state index contributed by atoms with van der Waals surface area (Å²) in [4.78, 5) is 3.98. The molecule has 0 saturated heterocycles. The zero-order valence-electron chi connectivity index (χ0n) is 5.67. The molecular weight excluding hydrogens is 150 g/mol. The third-order valence-corrected chi connectivity index (χ3v) is 1.20. The van der Waals surface area contributed by atoms with Crippen LogP contribution in [-0.2, 0) is 0 Å². The van der Waals surface area contributed by atoms with Gasteiger partial charge in [-0.2, -0.15) is 0 Å². The SMILES string of the molecule is CCN=Cc1ccc(Cl)o1. The fourth-order valence-corrected chi connectivity index (χ4v) is 0.731. The van der Waals surface area contributed by atoms with Gasteiger partial charge in [0, 0.05) is 6.54 Å². The Balaban J connectivity index is 2.67. The second-order valence-electron chi connectivity index (χ2n) is 1.77. The zero-order valence-corrected chi connectivity index (χ0v) is 6.43. The van der Waals surface area contributed by atoms with Gasteiger partial charge in [0.05, 0.1) is 6.21 Å². The normalized spacial score (nSPS) is 11.0. The first kappa shape index (κ1) is 7.35. The molecule has 1 rings (SSSR count). The molecule has 1 aromatic heterocycles. The first-order chi connectivity index (χ1) is 4.83. The van der Waals surface area contributed by atoms with Gasteiger partial charge in [-0.3, -0.25) is 4.99 Å².